The number of phenolic OH excluding ortho intramolecular Hbond substituents is 1. The minimum Gasteiger partial charge on any atom is -0.508 e. The summed E-state index contributed by atoms with van der Waals surface area (Å²) in [5.74, 6) is 1.28. The SMILES string of the molecule is O=C([C@H]1C[C@H]2CC[C@H]1O2)N(Cc1ccc(O)cc1)CC1CC1. The fourth-order valence-corrected chi connectivity index (χ4v) is 3.80. The number of nitrogens with zero attached hydrogens (tertiary/aromatic N) is 1. The molecule has 2 aliphatic heterocycles. The number of ether oxygens (including phenoxy) is 1. The highest BCUT2D eigenvalue weighted by atomic mass is 16.5. The summed E-state index contributed by atoms with van der Waals surface area (Å²) in [6.45, 7) is 1.51. The number of aromatic hydroxyl groups is 1. The number of hydrogen-bond donors (Lipinski definition) is 1. The molecule has 0 spiro atoms. The number of rotatable bonds is 5. The average Bonchev–Trinajstić information content (AvgIpc) is 3.09. The Kier molecular flexibility index (Phi) is 3.57. The monoisotopic (exact) mass is 301 g/mol. The number of phenols is 1. The zero-order valence-corrected chi connectivity index (χ0v) is 12.8. The van der Waals surface area contributed by atoms with Crippen molar-refractivity contribution in [3.8, 4) is 5.75 Å². The summed E-state index contributed by atoms with van der Waals surface area (Å²) in [7, 11) is 0. The Hall–Kier alpha value is -1.55. The second-order valence-corrected chi connectivity index (χ2v) is 7.04. The van der Waals surface area contributed by atoms with Crippen molar-refractivity contribution in [3.63, 3.8) is 0 Å². The molecule has 2 saturated heterocycles. The van der Waals surface area contributed by atoms with E-state index in [1.54, 1.807) is 12.1 Å². The highest BCUT2D eigenvalue weighted by molar-refractivity contribution is 5.80. The number of carbonyl (C=O) groups excluding carboxylic acids is 1. The Morgan fingerprint density at radius 1 is 1.18 bits per heavy atom. The molecular formula is C18H23NO3. The minimum atomic E-state index is 0.0645. The Morgan fingerprint density at radius 2 is 1.95 bits per heavy atom. The lowest BCUT2D eigenvalue weighted by molar-refractivity contribution is -0.138. The molecule has 3 atom stereocenters. The van der Waals surface area contributed by atoms with Crippen LogP contribution in [0.2, 0.25) is 0 Å². The van der Waals surface area contributed by atoms with Crippen LogP contribution in [0.1, 0.15) is 37.7 Å². The molecule has 4 nitrogen and oxygen atoms in total. The van der Waals surface area contributed by atoms with Gasteiger partial charge in [0.1, 0.15) is 5.75 Å². The molecule has 4 rings (SSSR count). The number of hydrogen-bond acceptors (Lipinski definition) is 3. The topological polar surface area (TPSA) is 49.8 Å². The molecule has 0 aromatic heterocycles. The summed E-state index contributed by atoms with van der Waals surface area (Å²) in [5, 5.41) is 9.40. The van der Waals surface area contributed by atoms with Crippen molar-refractivity contribution in [1.82, 2.24) is 4.90 Å². The Balaban J connectivity index is 1.47. The van der Waals surface area contributed by atoms with E-state index in [2.05, 4.69) is 0 Å². The van der Waals surface area contributed by atoms with Crippen LogP contribution in [0.4, 0.5) is 0 Å². The molecule has 1 aromatic rings. The van der Waals surface area contributed by atoms with E-state index in [-0.39, 0.29) is 23.7 Å². The molecular weight excluding hydrogens is 278 g/mol. The van der Waals surface area contributed by atoms with Crippen LogP contribution in [0, 0.1) is 11.8 Å². The Labute approximate surface area is 131 Å². The normalized spacial score (nSPS) is 29.7. The molecule has 3 aliphatic rings. The second kappa shape index (κ2) is 5.58. The van der Waals surface area contributed by atoms with Crippen molar-refractivity contribution in [2.45, 2.75) is 50.9 Å². The van der Waals surface area contributed by atoms with Gasteiger partial charge < -0.3 is 14.7 Å². The van der Waals surface area contributed by atoms with Gasteiger partial charge in [-0.3, -0.25) is 4.79 Å². The van der Waals surface area contributed by atoms with Crippen molar-refractivity contribution in [2.24, 2.45) is 11.8 Å². The van der Waals surface area contributed by atoms with Gasteiger partial charge in [0.15, 0.2) is 0 Å². The highest BCUT2D eigenvalue weighted by Gasteiger charge is 2.46. The van der Waals surface area contributed by atoms with E-state index in [1.807, 2.05) is 17.0 Å². The molecule has 2 heterocycles. The largest absolute Gasteiger partial charge is 0.508 e. The highest BCUT2D eigenvalue weighted by Crippen LogP contribution is 2.40. The summed E-state index contributed by atoms with van der Waals surface area (Å²) in [6.07, 6.45) is 6.01. The van der Waals surface area contributed by atoms with Gasteiger partial charge in [-0.15, -0.1) is 0 Å². The summed E-state index contributed by atoms with van der Waals surface area (Å²) >= 11 is 0. The molecule has 0 unspecified atom stereocenters. The van der Waals surface area contributed by atoms with Crippen LogP contribution in [-0.4, -0.2) is 34.7 Å². The van der Waals surface area contributed by atoms with Gasteiger partial charge >= 0.3 is 0 Å². The molecule has 22 heavy (non-hydrogen) atoms. The summed E-state index contributed by atoms with van der Waals surface area (Å²) in [5.41, 5.74) is 1.08. The number of benzene rings is 1. The van der Waals surface area contributed by atoms with Crippen molar-refractivity contribution in [2.75, 3.05) is 6.54 Å². The first kappa shape index (κ1) is 14.1. The lowest BCUT2D eigenvalue weighted by atomic mass is 9.88. The van der Waals surface area contributed by atoms with Gasteiger partial charge in [0.25, 0.3) is 0 Å². The molecule has 2 bridgehead atoms. The van der Waals surface area contributed by atoms with Gasteiger partial charge in [-0.05, 0) is 55.7 Å². The number of amides is 1. The maximum absolute atomic E-state index is 13.0. The van der Waals surface area contributed by atoms with Crippen LogP contribution in [0.5, 0.6) is 5.75 Å². The summed E-state index contributed by atoms with van der Waals surface area (Å²) in [6, 6.07) is 7.19. The maximum Gasteiger partial charge on any atom is 0.228 e. The number of carbonyl (C=O) groups is 1. The molecule has 1 saturated carbocycles. The van der Waals surface area contributed by atoms with E-state index in [1.165, 1.54) is 12.8 Å². The van der Waals surface area contributed by atoms with E-state index in [0.717, 1.165) is 31.4 Å². The first-order valence-corrected chi connectivity index (χ1v) is 8.41. The fourth-order valence-electron chi connectivity index (χ4n) is 3.80. The third kappa shape index (κ3) is 2.84. The predicted octanol–water partition coefficient (Wildman–Crippen LogP) is 2.70. The summed E-state index contributed by atoms with van der Waals surface area (Å²) in [4.78, 5) is 15.0. The van der Waals surface area contributed by atoms with Gasteiger partial charge in [0.2, 0.25) is 5.91 Å². The van der Waals surface area contributed by atoms with Gasteiger partial charge in [-0.25, -0.2) is 0 Å². The van der Waals surface area contributed by atoms with E-state index in [4.69, 9.17) is 4.74 Å². The second-order valence-electron chi connectivity index (χ2n) is 7.04. The smallest absolute Gasteiger partial charge is 0.228 e. The quantitative estimate of drug-likeness (QED) is 0.909. The third-order valence-electron chi connectivity index (χ3n) is 5.22. The standard InChI is InChI=1S/C18H23NO3/c20-14-5-3-13(4-6-14)11-19(10-12-1-2-12)18(21)16-9-15-7-8-17(16)22-15/h3-6,12,15-17,20H,1-2,7-11H2/t15-,16+,17-/m1/s1. The fraction of sp³-hybridized carbons (Fsp3) is 0.611. The van der Waals surface area contributed by atoms with Gasteiger partial charge in [0.05, 0.1) is 18.1 Å². The average molecular weight is 301 g/mol. The van der Waals surface area contributed by atoms with E-state index >= 15 is 0 Å². The lowest BCUT2D eigenvalue weighted by Gasteiger charge is -2.28. The maximum atomic E-state index is 13.0. The zero-order valence-electron chi connectivity index (χ0n) is 12.8. The van der Waals surface area contributed by atoms with Crippen molar-refractivity contribution < 1.29 is 14.6 Å². The Bertz CT molecular complexity index is 552. The van der Waals surface area contributed by atoms with Crippen LogP contribution >= 0.6 is 0 Å². The minimum absolute atomic E-state index is 0.0645. The lowest BCUT2D eigenvalue weighted by Crippen LogP contribution is -2.40. The molecule has 0 radical (unpaired) electrons. The molecule has 118 valence electrons. The van der Waals surface area contributed by atoms with Crippen molar-refractivity contribution in [1.29, 1.82) is 0 Å². The van der Waals surface area contributed by atoms with Gasteiger partial charge in [0, 0.05) is 13.1 Å². The molecule has 1 amide bonds. The van der Waals surface area contributed by atoms with E-state index < -0.39 is 0 Å². The predicted molar refractivity (Wildman–Crippen MR) is 82.2 cm³/mol. The van der Waals surface area contributed by atoms with Crippen molar-refractivity contribution >= 4 is 5.91 Å². The van der Waals surface area contributed by atoms with Crippen molar-refractivity contribution in [3.05, 3.63) is 29.8 Å². The first-order chi connectivity index (χ1) is 10.7. The van der Waals surface area contributed by atoms with Gasteiger partial charge in [-0.1, -0.05) is 12.1 Å². The first-order valence-electron chi connectivity index (χ1n) is 8.41. The third-order valence-corrected chi connectivity index (χ3v) is 5.22. The van der Waals surface area contributed by atoms with E-state index in [0.29, 0.717) is 18.6 Å². The van der Waals surface area contributed by atoms with Gasteiger partial charge in [-0.2, -0.15) is 0 Å². The van der Waals surface area contributed by atoms with Crippen LogP contribution in [0.3, 0.4) is 0 Å². The molecule has 4 heteroatoms. The van der Waals surface area contributed by atoms with Crippen LogP contribution in [0.25, 0.3) is 0 Å². The molecule has 3 fully saturated rings. The molecule has 1 N–H and O–H groups in total. The number of fused-ring (bicyclic) bond motifs is 2. The van der Waals surface area contributed by atoms with Crippen LogP contribution < -0.4 is 0 Å². The summed E-state index contributed by atoms with van der Waals surface area (Å²) < 4.78 is 5.86. The van der Waals surface area contributed by atoms with Crippen LogP contribution in [0.15, 0.2) is 24.3 Å². The van der Waals surface area contributed by atoms with E-state index in [9.17, 15) is 9.90 Å². The molecule has 1 aromatic carbocycles. The van der Waals surface area contributed by atoms with Crippen LogP contribution in [-0.2, 0) is 16.1 Å². The molecule has 1 aliphatic carbocycles. The zero-order chi connectivity index (χ0) is 15.1. The Morgan fingerprint density at radius 3 is 2.55 bits per heavy atom.